The molecule has 108 valence electrons. The van der Waals surface area contributed by atoms with Gasteiger partial charge in [0.1, 0.15) is 11.6 Å². The Labute approximate surface area is 119 Å². The lowest BCUT2D eigenvalue weighted by molar-refractivity contribution is 0.584. The fourth-order valence-electron chi connectivity index (χ4n) is 2.39. The van der Waals surface area contributed by atoms with Crippen molar-refractivity contribution >= 4 is 0 Å². The van der Waals surface area contributed by atoms with Crippen molar-refractivity contribution < 1.29 is 4.39 Å². The molecule has 3 nitrogen and oxygen atoms in total. The molecule has 0 saturated heterocycles. The molecule has 0 aliphatic carbocycles. The molecule has 0 bridgehead atoms. The van der Waals surface area contributed by atoms with Crippen molar-refractivity contribution in [3.63, 3.8) is 0 Å². The third-order valence-electron chi connectivity index (χ3n) is 3.57. The van der Waals surface area contributed by atoms with Crippen molar-refractivity contribution in [1.29, 1.82) is 0 Å². The third-order valence-corrected chi connectivity index (χ3v) is 3.57. The molecule has 1 unspecified atom stereocenters. The number of nitrogens with one attached hydrogen (secondary N) is 1. The van der Waals surface area contributed by atoms with Gasteiger partial charge in [-0.05, 0) is 37.6 Å². The van der Waals surface area contributed by atoms with E-state index in [0.717, 1.165) is 24.5 Å². The molecular weight excluding hydrogens is 253 g/mol. The standard InChI is InChI=1S/C16H22FN3/c1-4-18-12(3)13-6-7-15(17)14(10-13)11-16-19-8-9-20(16)5-2/h6-10,12,18H,4-5,11H2,1-3H3. The molecule has 0 saturated carbocycles. The molecule has 1 heterocycles. The second-order valence-electron chi connectivity index (χ2n) is 4.94. The Kier molecular flexibility index (Phi) is 4.90. The number of hydrogen-bond donors (Lipinski definition) is 1. The number of halogens is 1. The van der Waals surface area contributed by atoms with Gasteiger partial charge < -0.3 is 9.88 Å². The summed E-state index contributed by atoms with van der Waals surface area (Å²) in [5.41, 5.74) is 1.81. The molecule has 4 heteroatoms. The van der Waals surface area contributed by atoms with E-state index < -0.39 is 0 Å². The zero-order valence-electron chi connectivity index (χ0n) is 12.4. The predicted molar refractivity (Wildman–Crippen MR) is 79.2 cm³/mol. The first-order valence-electron chi connectivity index (χ1n) is 7.17. The number of benzene rings is 1. The van der Waals surface area contributed by atoms with Crippen molar-refractivity contribution in [2.24, 2.45) is 0 Å². The fourth-order valence-corrected chi connectivity index (χ4v) is 2.39. The van der Waals surface area contributed by atoms with Gasteiger partial charge in [0.15, 0.2) is 0 Å². The van der Waals surface area contributed by atoms with Crippen molar-refractivity contribution in [3.8, 4) is 0 Å². The van der Waals surface area contributed by atoms with Gasteiger partial charge >= 0.3 is 0 Å². The highest BCUT2D eigenvalue weighted by molar-refractivity contribution is 5.29. The zero-order chi connectivity index (χ0) is 14.5. The van der Waals surface area contributed by atoms with E-state index in [1.807, 2.05) is 22.9 Å². The maximum atomic E-state index is 14.0. The van der Waals surface area contributed by atoms with Crippen molar-refractivity contribution in [2.45, 2.75) is 39.8 Å². The molecule has 1 N–H and O–H groups in total. The Morgan fingerprint density at radius 1 is 1.35 bits per heavy atom. The Hall–Kier alpha value is -1.68. The highest BCUT2D eigenvalue weighted by Gasteiger charge is 2.11. The van der Waals surface area contributed by atoms with Crippen LogP contribution in [-0.4, -0.2) is 16.1 Å². The van der Waals surface area contributed by atoms with Gasteiger partial charge in [-0.1, -0.05) is 19.1 Å². The SMILES string of the molecule is CCNC(C)c1ccc(F)c(Cc2nccn2CC)c1. The van der Waals surface area contributed by atoms with E-state index in [9.17, 15) is 4.39 Å². The minimum atomic E-state index is -0.164. The Morgan fingerprint density at radius 3 is 2.85 bits per heavy atom. The molecule has 0 aliphatic rings. The van der Waals surface area contributed by atoms with Crippen LogP contribution >= 0.6 is 0 Å². The van der Waals surface area contributed by atoms with E-state index >= 15 is 0 Å². The van der Waals surface area contributed by atoms with E-state index in [2.05, 4.69) is 31.1 Å². The third kappa shape index (κ3) is 3.25. The normalized spacial score (nSPS) is 12.6. The van der Waals surface area contributed by atoms with Crippen LogP contribution < -0.4 is 5.32 Å². The summed E-state index contributed by atoms with van der Waals surface area (Å²) in [7, 11) is 0. The van der Waals surface area contributed by atoms with Gasteiger partial charge in [-0.15, -0.1) is 0 Å². The van der Waals surface area contributed by atoms with Crippen molar-refractivity contribution in [3.05, 3.63) is 53.4 Å². The van der Waals surface area contributed by atoms with Crippen LogP contribution in [0.1, 0.15) is 43.8 Å². The minimum absolute atomic E-state index is 0.164. The molecular formula is C16H22FN3. The summed E-state index contributed by atoms with van der Waals surface area (Å²) in [5.74, 6) is 0.739. The largest absolute Gasteiger partial charge is 0.335 e. The number of rotatable bonds is 6. The van der Waals surface area contributed by atoms with Crippen LogP contribution in [0.4, 0.5) is 4.39 Å². The van der Waals surface area contributed by atoms with E-state index in [1.54, 1.807) is 12.3 Å². The first-order chi connectivity index (χ1) is 9.65. The maximum absolute atomic E-state index is 14.0. The molecule has 0 fully saturated rings. The van der Waals surface area contributed by atoms with Crippen LogP contribution in [-0.2, 0) is 13.0 Å². The van der Waals surface area contributed by atoms with Crippen LogP contribution in [0.3, 0.4) is 0 Å². The number of aryl methyl sites for hydroxylation is 1. The molecule has 0 amide bonds. The maximum Gasteiger partial charge on any atom is 0.126 e. The van der Waals surface area contributed by atoms with Gasteiger partial charge in [-0.3, -0.25) is 0 Å². The first kappa shape index (κ1) is 14.7. The lowest BCUT2D eigenvalue weighted by atomic mass is 10.0. The summed E-state index contributed by atoms with van der Waals surface area (Å²) < 4.78 is 16.0. The van der Waals surface area contributed by atoms with Gasteiger partial charge in [-0.2, -0.15) is 0 Å². The number of aromatic nitrogens is 2. The highest BCUT2D eigenvalue weighted by atomic mass is 19.1. The first-order valence-corrected chi connectivity index (χ1v) is 7.17. The average Bonchev–Trinajstić information content (AvgIpc) is 2.88. The molecule has 0 spiro atoms. The van der Waals surface area contributed by atoms with Gasteiger partial charge in [0.25, 0.3) is 0 Å². The van der Waals surface area contributed by atoms with E-state index in [1.165, 1.54) is 0 Å². The average molecular weight is 275 g/mol. The van der Waals surface area contributed by atoms with Crippen LogP contribution in [0.5, 0.6) is 0 Å². The molecule has 2 rings (SSSR count). The van der Waals surface area contributed by atoms with E-state index in [-0.39, 0.29) is 11.9 Å². The monoisotopic (exact) mass is 275 g/mol. The highest BCUT2D eigenvalue weighted by Crippen LogP contribution is 2.19. The summed E-state index contributed by atoms with van der Waals surface area (Å²) in [6.45, 7) is 7.97. The summed E-state index contributed by atoms with van der Waals surface area (Å²) in [5, 5.41) is 3.35. The van der Waals surface area contributed by atoms with Gasteiger partial charge in [-0.25, -0.2) is 9.37 Å². The topological polar surface area (TPSA) is 29.9 Å². The molecule has 1 atom stereocenters. The Balaban J connectivity index is 2.25. The Morgan fingerprint density at radius 2 is 2.15 bits per heavy atom. The molecule has 1 aromatic heterocycles. The fraction of sp³-hybridized carbons (Fsp3) is 0.438. The number of hydrogen-bond acceptors (Lipinski definition) is 2. The van der Waals surface area contributed by atoms with Crippen LogP contribution in [0.2, 0.25) is 0 Å². The molecule has 20 heavy (non-hydrogen) atoms. The molecule has 0 radical (unpaired) electrons. The van der Waals surface area contributed by atoms with Crippen LogP contribution in [0, 0.1) is 5.82 Å². The van der Waals surface area contributed by atoms with Crippen molar-refractivity contribution in [2.75, 3.05) is 6.54 Å². The van der Waals surface area contributed by atoms with E-state index in [0.29, 0.717) is 12.0 Å². The van der Waals surface area contributed by atoms with Gasteiger partial charge in [0.2, 0.25) is 0 Å². The number of nitrogens with zero attached hydrogens (tertiary/aromatic N) is 2. The Bertz CT molecular complexity index is 563. The summed E-state index contributed by atoms with van der Waals surface area (Å²) in [6.07, 6.45) is 4.22. The van der Waals surface area contributed by atoms with Gasteiger partial charge in [0.05, 0.1) is 0 Å². The zero-order valence-corrected chi connectivity index (χ0v) is 12.4. The minimum Gasteiger partial charge on any atom is -0.335 e. The predicted octanol–water partition coefficient (Wildman–Crippen LogP) is 3.30. The van der Waals surface area contributed by atoms with Crippen LogP contribution in [0.25, 0.3) is 0 Å². The molecule has 0 aliphatic heterocycles. The summed E-state index contributed by atoms with van der Waals surface area (Å²) >= 11 is 0. The lowest BCUT2D eigenvalue weighted by Gasteiger charge is -2.14. The second-order valence-corrected chi connectivity index (χ2v) is 4.94. The lowest BCUT2D eigenvalue weighted by Crippen LogP contribution is -2.18. The summed E-state index contributed by atoms with van der Waals surface area (Å²) in [6, 6.07) is 5.57. The van der Waals surface area contributed by atoms with Gasteiger partial charge in [0, 0.05) is 31.4 Å². The van der Waals surface area contributed by atoms with Crippen LogP contribution in [0.15, 0.2) is 30.6 Å². The second kappa shape index (κ2) is 6.66. The summed E-state index contributed by atoms with van der Waals surface area (Å²) in [4.78, 5) is 4.31. The quantitative estimate of drug-likeness (QED) is 0.876. The molecule has 1 aromatic carbocycles. The smallest absolute Gasteiger partial charge is 0.126 e. The molecule has 2 aromatic rings. The van der Waals surface area contributed by atoms with Crippen molar-refractivity contribution in [1.82, 2.24) is 14.9 Å². The van der Waals surface area contributed by atoms with E-state index in [4.69, 9.17) is 0 Å². The number of imidazole rings is 1.